The van der Waals surface area contributed by atoms with Crippen molar-refractivity contribution in [1.82, 2.24) is 0 Å². The van der Waals surface area contributed by atoms with Gasteiger partial charge in [-0.15, -0.1) is 0 Å². The van der Waals surface area contributed by atoms with E-state index in [1.165, 1.54) is 6.08 Å². The molecule has 0 unspecified atom stereocenters. The van der Waals surface area contributed by atoms with Gasteiger partial charge in [-0.3, -0.25) is 0 Å². The number of rotatable bonds is 1. The Morgan fingerprint density at radius 3 is 2.47 bits per heavy atom. The average molecular weight is 268 g/mol. The summed E-state index contributed by atoms with van der Waals surface area (Å²) in [6.07, 6.45) is 3.91. The molecule has 0 spiro atoms. The molecule has 19 heavy (non-hydrogen) atoms. The summed E-state index contributed by atoms with van der Waals surface area (Å²) in [5.74, 6) is -1.36. The van der Waals surface area contributed by atoms with Crippen LogP contribution in [-0.2, 0) is 4.79 Å². The highest BCUT2D eigenvalue weighted by molar-refractivity contribution is 5.87. The zero-order valence-corrected chi connectivity index (χ0v) is 11.9. The minimum absolute atomic E-state index is 0.0618. The van der Waals surface area contributed by atoms with E-state index in [2.05, 4.69) is 0 Å². The number of carboxylic acid groups (broad SMARTS) is 1. The molecular weight excluding hydrogens is 244 g/mol. The second kappa shape index (κ2) is 4.60. The Morgan fingerprint density at radius 2 is 1.89 bits per heavy atom. The van der Waals surface area contributed by atoms with Crippen LogP contribution in [0.25, 0.3) is 0 Å². The fraction of sp³-hybridized carbons (Fsp3) is 0.800. The first-order valence-corrected chi connectivity index (χ1v) is 7.08. The van der Waals surface area contributed by atoms with E-state index in [4.69, 9.17) is 0 Å². The smallest absolute Gasteiger partial charge is 0.331 e. The largest absolute Gasteiger partial charge is 0.478 e. The zero-order valence-electron chi connectivity index (χ0n) is 11.9. The Labute approximate surface area is 114 Å². The normalized spacial score (nSPS) is 47.0. The summed E-state index contributed by atoms with van der Waals surface area (Å²) in [5, 5.41) is 30.5. The molecule has 2 aliphatic rings. The fourth-order valence-corrected chi connectivity index (χ4v) is 3.73. The molecule has 4 nitrogen and oxygen atoms in total. The van der Waals surface area contributed by atoms with Crippen molar-refractivity contribution < 1.29 is 20.1 Å². The summed E-state index contributed by atoms with van der Waals surface area (Å²) in [7, 11) is 0. The summed E-state index contributed by atoms with van der Waals surface area (Å²) >= 11 is 0. The first kappa shape index (κ1) is 14.5. The average Bonchev–Trinajstić information content (AvgIpc) is 2.45. The van der Waals surface area contributed by atoms with Crippen LogP contribution in [0.15, 0.2) is 11.6 Å². The predicted octanol–water partition coefficient (Wildman–Crippen LogP) is 1.96. The standard InChI is InChI=1S/C15H24O4/c1-9-4-6-14(3)7-5-12(16)10(2)15(14,19)8-11(9)13(17)18/h8-10,12,16,19H,4-7H2,1-3H3,(H,17,18)/t9-,10+,12+,14+,15-/m1/s1. The lowest BCUT2D eigenvalue weighted by Crippen LogP contribution is -2.57. The molecule has 0 aliphatic heterocycles. The maximum Gasteiger partial charge on any atom is 0.331 e. The van der Waals surface area contributed by atoms with Crippen molar-refractivity contribution in [3.8, 4) is 0 Å². The molecule has 0 heterocycles. The molecule has 0 amide bonds. The van der Waals surface area contributed by atoms with Gasteiger partial charge in [0.1, 0.15) is 0 Å². The summed E-state index contributed by atoms with van der Waals surface area (Å²) in [6, 6.07) is 0. The third-order valence-electron chi connectivity index (χ3n) is 5.51. The Balaban J connectivity index is 2.53. The van der Waals surface area contributed by atoms with E-state index >= 15 is 0 Å². The van der Waals surface area contributed by atoms with Crippen LogP contribution in [0.3, 0.4) is 0 Å². The van der Waals surface area contributed by atoms with Crippen LogP contribution in [0.1, 0.15) is 46.5 Å². The van der Waals surface area contributed by atoms with Crippen LogP contribution in [0.2, 0.25) is 0 Å². The number of hydrogen-bond donors (Lipinski definition) is 3. The minimum atomic E-state index is -1.23. The van der Waals surface area contributed by atoms with Crippen LogP contribution in [0.5, 0.6) is 0 Å². The van der Waals surface area contributed by atoms with Gasteiger partial charge in [0.25, 0.3) is 0 Å². The quantitative estimate of drug-likeness (QED) is 0.679. The van der Waals surface area contributed by atoms with Gasteiger partial charge in [-0.25, -0.2) is 4.79 Å². The maximum absolute atomic E-state index is 11.4. The van der Waals surface area contributed by atoms with Crippen molar-refractivity contribution >= 4 is 5.97 Å². The van der Waals surface area contributed by atoms with Crippen LogP contribution >= 0.6 is 0 Å². The Morgan fingerprint density at radius 1 is 1.32 bits per heavy atom. The molecule has 0 aromatic carbocycles. The molecule has 0 bridgehead atoms. The van der Waals surface area contributed by atoms with Crippen molar-refractivity contribution in [1.29, 1.82) is 0 Å². The molecule has 1 fully saturated rings. The monoisotopic (exact) mass is 268 g/mol. The minimum Gasteiger partial charge on any atom is -0.478 e. The predicted molar refractivity (Wildman–Crippen MR) is 71.6 cm³/mol. The van der Waals surface area contributed by atoms with Gasteiger partial charge in [-0.2, -0.15) is 0 Å². The summed E-state index contributed by atoms with van der Waals surface area (Å²) < 4.78 is 0. The van der Waals surface area contributed by atoms with Gasteiger partial charge in [-0.1, -0.05) is 20.8 Å². The zero-order chi connectivity index (χ0) is 14.4. The Kier molecular flexibility index (Phi) is 3.52. The fourth-order valence-electron chi connectivity index (χ4n) is 3.73. The highest BCUT2D eigenvalue weighted by Gasteiger charge is 2.55. The molecular formula is C15H24O4. The number of carbonyl (C=O) groups is 1. The van der Waals surface area contributed by atoms with Gasteiger partial charge < -0.3 is 15.3 Å². The number of carboxylic acids is 1. The lowest BCUT2D eigenvalue weighted by Gasteiger charge is -2.52. The van der Waals surface area contributed by atoms with Crippen LogP contribution < -0.4 is 0 Å². The highest BCUT2D eigenvalue weighted by Crippen LogP contribution is 2.53. The lowest BCUT2D eigenvalue weighted by atomic mass is 9.57. The van der Waals surface area contributed by atoms with Crippen molar-refractivity contribution in [2.45, 2.75) is 58.2 Å². The topological polar surface area (TPSA) is 77.8 Å². The number of hydrogen-bond acceptors (Lipinski definition) is 3. The Hall–Kier alpha value is -0.870. The molecule has 2 rings (SSSR count). The van der Waals surface area contributed by atoms with Gasteiger partial charge in [0, 0.05) is 16.9 Å². The Bertz CT molecular complexity index is 416. The van der Waals surface area contributed by atoms with Gasteiger partial charge in [-0.05, 0) is 37.7 Å². The SMILES string of the molecule is C[C@@H]1CC[C@@]2(C)CC[C@H](O)[C@H](C)[C@]2(O)C=C1C(=O)O. The molecule has 0 aromatic heterocycles. The van der Waals surface area contributed by atoms with Crippen molar-refractivity contribution in [2.75, 3.05) is 0 Å². The molecule has 2 aliphatic carbocycles. The van der Waals surface area contributed by atoms with E-state index in [0.29, 0.717) is 6.42 Å². The van der Waals surface area contributed by atoms with Gasteiger partial charge >= 0.3 is 5.97 Å². The number of fused-ring (bicyclic) bond motifs is 1. The van der Waals surface area contributed by atoms with E-state index in [-0.39, 0.29) is 22.8 Å². The molecule has 0 aromatic rings. The second-order valence-electron chi connectivity index (χ2n) is 6.63. The molecule has 3 N–H and O–H groups in total. The van der Waals surface area contributed by atoms with E-state index in [1.54, 1.807) is 0 Å². The van der Waals surface area contributed by atoms with E-state index in [0.717, 1.165) is 19.3 Å². The molecule has 0 radical (unpaired) electrons. The molecule has 0 saturated heterocycles. The third-order valence-corrected chi connectivity index (χ3v) is 5.51. The summed E-state index contributed by atoms with van der Waals surface area (Å²) in [6.45, 7) is 5.72. The third kappa shape index (κ3) is 2.11. The maximum atomic E-state index is 11.4. The first-order valence-electron chi connectivity index (χ1n) is 7.08. The molecule has 1 saturated carbocycles. The number of aliphatic carboxylic acids is 1. The van der Waals surface area contributed by atoms with E-state index in [9.17, 15) is 20.1 Å². The number of aliphatic hydroxyl groups is 2. The highest BCUT2D eigenvalue weighted by atomic mass is 16.4. The van der Waals surface area contributed by atoms with Crippen LogP contribution in [0.4, 0.5) is 0 Å². The molecule has 4 heteroatoms. The van der Waals surface area contributed by atoms with Crippen molar-refractivity contribution in [2.24, 2.45) is 17.3 Å². The lowest BCUT2D eigenvalue weighted by molar-refractivity contribution is -0.149. The first-order chi connectivity index (χ1) is 8.71. The van der Waals surface area contributed by atoms with E-state index in [1.807, 2.05) is 20.8 Å². The number of aliphatic hydroxyl groups excluding tert-OH is 1. The van der Waals surface area contributed by atoms with Crippen LogP contribution in [-0.4, -0.2) is 33.0 Å². The van der Waals surface area contributed by atoms with Gasteiger partial charge in [0.2, 0.25) is 0 Å². The van der Waals surface area contributed by atoms with E-state index < -0.39 is 17.7 Å². The van der Waals surface area contributed by atoms with Gasteiger partial charge in [0.05, 0.1) is 11.7 Å². The molecule has 5 atom stereocenters. The van der Waals surface area contributed by atoms with Crippen molar-refractivity contribution in [3.05, 3.63) is 11.6 Å². The molecule has 108 valence electrons. The van der Waals surface area contributed by atoms with Gasteiger partial charge in [0.15, 0.2) is 0 Å². The second-order valence-corrected chi connectivity index (χ2v) is 6.63. The van der Waals surface area contributed by atoms with Crippen molar-refractivity contribution in [3.63, 3.8) is 0 Å². The summed E-state index contributed by atoms with van der Waals surface area (Å²) in [5.41, 5.74) is -1.30. The van der Waals surface area contributed by atoms with Crippen LogP contribution in [0, 0.1) is 17.3 Å². The summed E-state index contributed by atoms with van der Waals surface area (Å²) in [4.78, 5) is 11.4.